The predicted molar refractivity (Wildman–Crippen MR) is 129 cm³/mol. The Hall–Kier alpha value is -2.26. The van der Waals surface area contributed by atoms with Gasteiger partial charge in [0, 0.05) is 34.4 Å². The van der Waals surface area contributed by atoms with Crippen molar-refractivity contribution in [1.82, 2.24) is 14.9 Å². The van der Waals surface area contributed by atoms with E-state index in [-0.39, 0.29) is 10.6 Å². The summed E-state index contributed by atoms with van der Waals surface area (Å²) in [7, 11) is 0. The normalized spacial score (nSPS) is 13.9. The molecule has 0 spiro atoms. The Balaban J connectivity index is 1.79. The Morgan fingerprint density at radius 2 is 1.81 bits per heavy atom. The number of hydrogen-bond acceptors (Lipinski definition) is 5. The maximum atomic E-state index is 13.7. The number of rotatable bonds is 6. The molecule has 0 aliphatic rings. The number of nitrogens with zero attached hydrogens (tertiary/aromatic N) is 2. The summed E-state index contributed by atoms with van der Waals surface area (Å²) in [6.07, 6.45) is 0.410. The van der Waals surface area contributed by atoms with Gasteiger partial charge < -0.3 is 9.08 Å². The van der Waals surface area contributed by atoms with E-state index in [1.54, 1.807) is 6.07 Å². The number of para-hydroxylation sites is 1. The molecule has 32 heavy (non-hydrogen) atoms. The van der Waals surface area contributed by atoms with Gasteiger partial charge in [0.15, 0.2) is 11.4 Å². The molecule has 8 heteroatoms. The van der Waals surface area contributed by atoms with Crippen LogP contribution in [0.4, 0.5) is 4.39 Å². The molecule has 2 aromatic heterocycles. The highest BCUT2D eigenvalue weighted by atomic mass is 79.9. The Kier molecular flexibility index (Phi) is 6.67. The topological polar surface area (TPSA) is 74.0 Å². The molecule has 0 radical (unpaired) electrons. The molecule has 1 N–H and O–H groups in total. The molecule has 0 saturated heterocycles. The van der Waals surface area contributed by atoms with Crippen molar-refractivity contribution >= 4 is 38.3 Å². The molecule has 0 amide bonds. The molecule has 2 unspecified atom stereocenters. The van der Waals surface area contributed by atoms with Crippen molar-refractivity contribution in [2.75, 3.05) is 0 Å². The fraction of sp³-hybridized carbons (Fsp3) is 0.250. The van der Waals surface area contributed by atoms with Gasteiger partial charge in [0.1, 0.15) is 15.0 Å². The lowest BCUT2D eigenvalue weighted by Crippen LogP contribution is -2.42. The van der Waals surface area contributed by atoms with Gasteiger partial charge in [-0.3, -0.25) is 0 Å². The van der Waals surface area contributed by atoms with Crippen LogP contribution in [0.15, 0.2) is 69.8 Å². The summed E-state index contributed by atoms with van der Waals surface area (Å²) in [4.78, 5) is 4.32. The Morgan fingerprint density at radius 3 is 2.56 bits per heavy atom. The number of benzene rings is 2. The number of fused-ring (bicyclic) bond motifs is 1. The second kappa shape index (κ2) is 9.31. The molecule has 2 atom stereocenters. The minimum Gasteiger partial charge on any atom is -0.598 e. The Morgan fingerprint density at radius 1 is 1.09 bits per heavy atom. The van der Waals surface area contributed by atoms with Gasteiger partial charge in [-0.1, -0.05) is 41.6 Å². The summed E-state index contributed by atoms with van der Waals surface area (Å²) in [5.74, 6) is -0.425. The van der Waals surface area contributed by atoms with Crippen LogP contribution >= 0.6 is 15.9 Å². The minimum atomic E-state index is -1.34. The first-order valence-corrected chi connectivity index (χ1v) is 12.1. The molecule has 4 aromatic rings. The molecule has 5 nitrogen and oxygen atoms in total. The van der Waals surface area contributed by atoms with Crippen molar-refractivity contribution in [2.45, 2.75) is 38.0 Å². The van der Waals surface area contributed by atoms with Crippen LogP contribution in [-0.2, 0) is 17.8 Å². The van der Waals surface area contributed by atoms with Crippen LogP contribution in [0, 0.1) is 5.82 Å². The zero-order valence-electron chi connectivity index (χ0n) is 17.9. The molecule has 0 saturated carbocycles. The third-order valence-corrected chi connectivity index (χ3v) is 7.22. The molecule has 2 heterocycles. The maximum absolute atomic E-state index is 13.7. The summed E-state index contributed by atoms with van der Waals surface area (Å²) >= 11 is 1.82. The first-order chi connectivity index (χ1) is 15.2. The van der Waals surface area contributed by atoms with E-state index in [0.29, 0.717) is 17.7 Å². The van der Waals surface area contributed by atoms with Crippen molar-refractivity contribution in [3.8, 4) is 11.3 Å². The summed E-state index contributed by atoms with van der Waals surface area (Å²) in [5.41, 5.74) is 3.87. The van der Waals surface area contributed by atoms with Gasteiger partial charge in [0.05, 0.1) is 6.04 Å². The zero-order chi connectivity index (χ0) is 22.9. The van der Waals surface area contributed by atoms with Gasteiger partial charge in [0.25, 0.3) is 0 Å². The summed E-state index contributed by atoms with van der Waals surface area (Å²) in [5, 5.41) is 5.22. The molecular weight excluding hydrogens is 493 g/mol. The monoisotopic (exact) mass is 515 g/mol. The first-order valence-electron chi connectivity index (χ1n) is 10.2. The highest BCUT2D eigenvalue weighted by Crippen LogP contribution is 2.35. The summed E-state index contributed by atoms with van der Waals surface area (Å²) in [6, 6.07) is 18.2. The lowest BCUT2D eigenvalue weighted by Gasteiger charge is -2.29. The fourth-order valence-corrected chi connectivity index (χ4v) is 4.58. The number of halogens is 2. The van der Waals surface area contributed by atoms with Crippen molar-refractivity contribution in [1.29, 1.82) is 0 Å². The second-order valence-corrected chi connectivity index (χ2v) is 11.2. The van der Waals surface area contributed by atoms with E-state index in [9.17, 15) is 8.94 Å². The largest absolute Gasteiger partial charge is 0.598 e. The average Bonchev–Trinajstić information content (AvgIpc) is 3.19. The van der Waals surface area contributed by atoms with E-state index in [2.05, 4.69) is 30.8 Å². The molecule has 0 aliphatic heterocycles. The number of aromatic nitrogens is 2. The van der Waals surface area contributed by atoms with E-state index in [4.69, 9.17) is 4.52 Å². The standard InChI is InChI=1S/C24H23BrFN3O2S/c1-24(2,3)32(30)29-20(14-15-12-13-19(26)23(25)27-15)16-8-4-5-9-17(16)22-18-10-6-7-11-21(18)31-28-22/h4-13,20,29H,14H2,1-3H3. The van der Waals surface area contributed by atoms with E-state index in [0.717, 1.165) is 22.2 Å². The van der Waals surface area contributed by atoms with Crippen LogP contribution in [0.2, 0.25) is 0 Å². The van der Waals surface area contributed by atoms with E-state index in [1.807, 2.05) is 69.3 Å². The maximum Gasteiger partial charge on any atom is 0.167 e. The molecule has 166 valence electrons. The Bertz CT molecular complexity index is 1240. The van der Waals surface area contributed by atoms with Crippen LogP contribution in [0.5, 0.6) is 0 Å². The highest BCUT2D eigenvalue weighted by Gasteiger charge is 2.31. The van der Waals surface area contributed by atoms with Crippen LogP contribution in [-0.4, -0.2) is 19.4 Å². The van der Waals surface area contributed by atoms with Crippen molar-refractivity contribution in [3.63, 3.8) is 0 Å². The average molecular weight is 516 g/mol. The molecule has 0 aliphatic carbocycles. The van der Waals surface area contributed by atoms with Gasteiger partial charge in [-0.15, -0.1) is 4.72 Å². The van der Waals surface area contributed by atoms with E-state index >= 15 is 0 Å². The van der Waals surface area contributed by atoms with Crippen molar-refractivity contribution in [3.05, 3.63) is 82.3 Å². The molecule has 0 fully saturated rings. The number of nitrogens with one attached hydrogen (secondary N) is 1. The molecule has 4 rings (SSSR count). The van der Waals surface area contributed by atoms with Crippen LogP contribution in [0.3, 0.4) is 0 Å². The van der Waals surface area contributed by atoms with E-state index in [1.165, 1.54) is 6.07 Å². The third-order valence-electron chi connectivity index (χ3n) is 5.05. The predicted octanol–water partition coefficient (Wildman–Crippen LogP) is 6.13. The van der Waals surface area contributed by atoms with Gasteiger partial charge in [-0.25, -0.2) is 9.37 Å². The quantitative estimate of drug-likeness (QED) is 0.247. The third kappa shape index (κ3) is 4.88. The number of hydrogen-bond donors (Lipinski definition) is 1. The smallest absolute Gasteiger partial charge is 0.167 e. The first kappa shape index (κ1) is 22.9. The lowest BCUT2D eigenvalue weighted by molar-refractivity contribution is 0.459. The van der Waals surface area contributed by atoms with Crippen LogP contribution in [0.25, 0.3) is 22.2 Å². The second-order valence-electron chi connectivity index (χ2n) is 8.45. The van der Waals surface area contributed by atoms with Gasteiger partial charge in [-0.05, 0) is 66.5 Å². The zero-order valence-corrected chi connectivity index (χ0v) is 20.3. The van der Waals surface area contributed by atoms with Gasteiger partial charge >= 0.3 is 0 Å². The summed E-state index contributed by atoms with van der Waals surface area (Å²) in [6.45, 7) is 5.74. The van der Waals surface area contributed by atoms with Crippen molar-refractivity contribution in [2.24, 2.45) is 0 Å². The highest BCUT2D eigenvalue weighted by molar-refractivity contribution is 9.10. The molecule has 2 aromatic carbocycles. The molecular formula is C24H23BrFN3O2S. The minimum absolute atomic E-state index is 0.154. The Labute approximate surface area is 197 Å². The fourth-order valence-electron chi connectivity index (χ4n) is 3.40. The van der Waals surface area contributed by atoms with Gasteiger partial charge in [0.2, 0.25) is 0 Å². The molecule has 0 bridgehead atoms. The van der Waals surface area contributed by atoms with Gasteiger partial charge in [-0.2, -0.15) is 0 Å². The number of pyridine rings is 1. The lowest BCUT2D eigenvalue weighted by atomic mass is 9.94. The summed E-state index contributed by atoms with van der Waals surface area (Å²) < 4.78 is 35.3. The van der Waals surface area contributed by atoms with Crippen molar-refractivity contribution < 1.29 is 13.5 Å². The van der Waals surface area contributed by atoms with Crippen LogP contribution in [0.1, 0.15) is 38.1 Å². The van der Waals surface area contributed by atoms with Crippen LogP contribution < -0.4 is 4.72 Å². The SMILES string of the molecule is CC(C)(C)[S+]([O-])NC(Cc1ccc(F)c(Br)n1)c1ccccc1-c1noc2ccccc12. The van der Waals surface area contributed by atoms with E-state index < -0.39 is 21.9 Å².